The Labute approximate surface area is 105 Å². The molecular weight excluding hydrogens is 224 g/mol. The average Bonchev–Trinajstić information content (AvgIpc) is 2.65. The van der Waals surface area contributed by atoms with Gasteiger partial charge >= 0.3 is 0 Å². The summed E-state index contributed by atoms with van der Waals surface area (Å²) in [7, 11) is 0.692. The van der Waals surface area contributed by atoms with E-state index in [0.717, 1.165) is 13.0 Å². The molecule has 0 saturated heterocycles. The summed E-state index contributed by atoms with van der Waals surface area (Å²) in [5.41, 5.74) is 2.87. The van der Waals surface area contributed by atoms with E-state index >= 15 is 0 Å². The SMILES string of the molecule is CNCCc1cn([Si](C)(C)C)c2ccccc12. The first-order valence-corrected chi connectivity index (χ1v) is 9.73. The Bertz CT molecular complexity index is 508. The van der Waals surface area contributed by atoms with E-state index in [1.807, 2.05) is 7.05 Å². The van der Waals surface area contributed by atoms with Gasteiger partial charge in [0.15, 0.2) is 8.24 Å². The molecule has 0 radical (unpaired) electrons. The molecule has 0 unspecified atom stereocenters. The Kier molecular flexibility index (Phi) is 3.40. The Hall–Kier alpha value is -1.06. The van der Waals surface area contributed by atoms with Crippen molar-refractivity contribution in [3.63, 3.8) is 0 Å². The quantitative estimate of drug-likeness (QED) is 0.820. The minimum absolute atomic E-state index is 1.04. The molecule has 3 heteroatoms. The third-order valence-electron chi connectivity index (χ3n) is 3.16. The molecule has 0 amide bonds. The number of rotatable bonds is 4. The van der Waals surface area contributed by atoms with E-state index < -0.39 is 8.24 Å². The van der Waals surface area contributed by atoms with E-state index in [2.05, 4.69) is 59.7 Å². The van der Waals surface area contributed by atoms with Crippen molar-refractivity contribution in [2.75, 3.05) is 13.6 Å². The van der Waals surface area contributed by atoms with Gasteiger partial charge in [0.2, 0.25) is 0 Å². The molecule has 0 aliphatic rings. The monoisotopic (exact) mass is 246 g/mol. The molecule has 0 aliphatic carbocycles. The summed E-state index contributed by atoms with van der Waals surface area (Å²) >= 11 is 0. The molecule has 2 rings (SSSR count). The van der Waals surface area contributed by atoms with Gasteiger partial charge in [-0.15, -0.1) is 0 Å². The van der Waals surface area contributed by atoms with Gasteiger partial charge in [-0.25, -0.2) is 0 Å². The summed E-state index contributed by atoms with van der Waals surface area (Å²) in [5.74, 6) is 0. The Morgan fingerprint density at radius 3 is 2.53 bits per heavy atom. The molecule has 92 valence electrons. The Morgan fingerprint density at radius 2 is 1.88 bits per heavy atom. The lowest BCUT2D eigenvalue weighted by Crippen LogP contribution is -2.31. The molecule has 0 fully saturated rings. The molecule has 0 bridgehead atoms. The Balaban J connectivity index is 2.55. The topological polar surface area (TPSA) is 17.0 Å². The second kappa shape index (κ2) is 4.67. The number of nitrogens with zero attached hydrogens (tertiary/aromatic N) is 1. The van der Waals surface area contributed by atoms with E-state index in [-0.39, 0.29) is 0 Å². The van der Waals surface area contributed by atoms with Crippen LogP contribution in [0.5, 0.6) is 0 Å². The number of hydrogen-bond acceptors (Lipinski definition) is 1. The zero-order valence-electron chi connectivity index (χ0n) is 11.2. The largest absolute Gasteiger partial charge is 0.375 e. The normalized spacial score (nSPS) is 12.2. The molecule has 1 N–H and O–H groups in total. The smallest absolute Gasteiger partial charge is 0.152 e. The van der Waals surface area contributed by atoms with Crippen molar-refractivity contribution in [2.45, 2.75) is 26.1 Å². The minimum Gasteiger partial charge on any atom is -0.375 e. The summed E-state index contributed by atoms with van der Waals surface area (Å²) in [6.07, 6.45) is 3.47. The van der Waals surface area contributed by atoms with Gasteiger partial charge in [0.05, 0.1) is 0 Å². The summed E-state index contributed by atoms with van der Waals surface area (Å²) in [4.78, 5) is 0. The molecule has 1 aromatic heterocycles. The third kappa shape index (κ3) is 2.45. The van der Waals surface area contributed by atoms with Crippen molar-refractivity contribution in [1.29, 1.82) is 0 Å². The molecule has 17 heavy (non-hydrogen) atoms. The highest BCUT2D eigenvalue weighted by Gasteiger charge is 2.19. The summed E-state index contributed by atoms with van der Waals surface area (Å²) < 4.78 is 2.52. The van der Waals surface area contributed by atoms with Crippen LogP contribution in [0.4, 0.5) is 0 Å². The molecule has 2 nitrogen and oxygen atoms in total. The predicted molar refractivity (Wildman–Crippen MR) is 78.3 cm³/mol. The van der Waals surface area contributed by atoms with Crippen molar-refractivity contribution in [3.05, 3.63) is 36.0 Å². The molecule has 0 atom stereocenters. The first-order chi connectivity index (χ1) is 8.04. The maximum Gasteiger partial charge on any atom is 0.152 e. The number of nitrogens with one attached hydrogen (secondary N) is 1. The van der Waals surface area contributed by atoms with Crippen LogP contribution in [0.1, 0.15) is 5.56 Å². The van der Waals surface area contributed by atoms with Gasteiger partial charge in [0.1, 0.15) is 0 Å². The number of hydrogen-bond donors (Lipinski definition) is 1. The van der Waals surface area contributed by atoms with Crippen LogP contribution in [0, 0.1) is 0 Å². The van der Waals surface area contributed by atoms with Crippen LogP contribution < -0.4 is 5.32 Å². The van der Waals surface area contributed by atoms with Gasteiger partial charge in [-0.05, 0) is 37.8 Å². The lowest BCUT2D eigenvalue weighted by Gasteiger charge is -2.19. The van der Waals surface area contributed by atoms with Gasteiger partial charge in [0, 0.05) is 10.9 Å². The van der Waals surface area contributed by atoms with Crippen LogP contribution in [0.3, 0.4) is 0 Å². The van der Waals surface area contributed by atoms with Crippen molar-refractivity contribution < 1.29 is 0 Å². The highest BCUT2D eigenvalue weighted by molar-refractivity contribution is 6.75. The average molecular weight is 246 g/mol. The van der Waals surface area contributed by atoms with Gasteiger partial charge in [-0.2, -0.15) is 0 Å². The molecule has 1 heterocycles. The highest BCUT2D eigenvalue weighted by atomic mass is 28.3. The number of benzene rings is 1. The van der Waals surface area contributed by atoms with Crippen LogP contribution in [0.25, 0.3) is 10.9 Å². The van der Waals surface area contributed by atoms with Gasteiger partial charge in [0.25, 0.3) is 0 Å². The number of fused-ring (bicyclic) bond motifs is 1. The van der Waals surface area contributed by atoms with E-state index in [0.29, 0.717) is 0 Å². The van der Waals surface area contributed by atoms with Crippen LogP contribution in [0.15, 0.2) is 30.5 Å². The first-order valence-electron chi connectivity index (χ1n) is 6.28. The van der Waals surface area contributed by atoms with Crippen molar-refractivity contribution >= 4 is 19.1 Å². The summed E-state index contributed by atoms with van der Waals surface area (Å²) in [6, 6.07) is 8.77. The second-order valence-corrected chi connectivity index (χ2v) is 10.4. The van der Waals surface area contributed by atoms with Crippen LogP contribution >= 0.6 is 0 Å². The zero-order valence-corrected chi connectivity index (χ0v) is 12.2. The number of likely N-dealkylation sites (N-methyl/N-ethyl adjacent to an activating group) is 1. The summed E-state index contributed by atoms with van der Waals surface area (Å²) in [5, 5.41) is 4.65. The molecule has 2 aromatic rings. The van der Waals surface area contributed by atoms with Crippen LogP contribution in [-0.4, -0.2) is 26.1 Å². The van der Waals surface area contributed by atoms with Gasteiger partial charge in [-0.3, -0.25) is 0 Å². The van der Waals surface area contributed by atoms with E-state index in [1.54, 1.807) is 0 Å². The van der Waals surface area contributed by atoms with Crippen molar-refractivity contribution in [3.8, 4) is 0 Å². The standard InChI is InChI=1S/C14H22N2Si/c1-15-10-9-12-11-16(17(2,3)4)14-8-6-5-7-13(12)14/h5-8,11,15H,9-10H2,1-4H3. The fourth-order valence-corrected chi connectivity index (χ4v) is 3.72. The minimum atomic E-state index is -1.32. The summed E-state index contributed by atoms with van der Waals surface area (Å²) in [6.45, 7) is 8.21. The van der Waals surface area contributed by atoms with E-state index in [4.69, 9.17) is 0 Å². The van der Waals surface area contributed by atoms with Gasteiger partial charge < -0.3 is 9.55 Å². The van der Waals surface area contributed by atoms with Crippen LogP contribution in [0.2, 0.25) is 19.6 Å². The van der Waals surface area contributed by atoms with E-state index in [9.17, 15) is 0 Å². The molecular formula is C14H22N2Si. The molecule has 0 spiro atoms. The van der Waals surface area contributed by atoms with Crippen molar-refractivity contribution in [2.24, 2.45) is 0 Å². The first kappa shape index (κ1) is 12.4. The molecule has 0 aliphatic heterocycles. The van der Waals surface area contributed by atoms with Crippen LogP contribution in [-0.2, 0) is 6.42 Å². The molecule has 0 saturated carbocycles. The zero-order chi connectivity index (χ0) is 12.5. The maximum atomic E-state index is 3.23. The lowest BCUT2D eigenvalue weighted by molar-refractivity contribution is 0.794. The number of aromatic nitrogens is 1. The number of para-hydroxylation sites is 1. The van der Waals surface area contributed by atoms with E-state index in [1.165, 1.54) is 16.5 Å². The molecule has 1 aromatic carbocycles. The predicted octanol–water partition coefficient (Wildman–Crippen LogP) is 3.09. The van der Waals surface area contributed by atoms with Crippen molar-refractivity contribution in [1.82, 2.24) is 9.55 Å². The Morgan fingerprint density at radius 1 is 1.18 bits per heavy atom. The lowest BCUT2D eigenvalue weighted by atomic mass is 10.1. The second-order valence-electron chi connectivity index (χ2n) is 5.57. The fraction of sp³-hybridized carbons (Fsp3) is 0.429. The maximum absolute atomic E-state index is 3.23. The third-order valence-corrected chi connectivity index (χ3v) is 4.98. The highest BCUT2D eigenvalue weighted by Crippen LogP contribution is 2.24. The van der Waals surface area contributed by atoms with Gasteiger partial charge in [-0.1, -0.05) is 37.8 Å². The fourth-order valence-electron chi connectivity index (χ4n) is 2.26.